The quantitative estimate of drug-likeness (QED) is 0.659. The fraction of sp³-hybridized carbons (Fsp3) is 0.625. The lowest BCUT2D eigenvalue weighted by Gasteiger charge is -2.40. The number of hydrogen-bond acceptors (Lipinski definition) is 1. The van der Waals surface area contributed by atoms with Crippen molar-refractivity contribution in [3.63, 3.8) is 0 Å². The molecule has 1 fully saturated rings. The summed E-state index contributed by atoms with van der Waals surface area (Å²) in [6.07, 6.45) is 6.79. The Morgan fingerprint density at radius 3 is 2.11 bits per heavy atom. The summed E-state index contributed by atoms with van der Waals surface area (Å²) in [5.41, 5.74) is 5.54. The summed E-state index contributed by atoms with van der Waals surface area (Å²) in [5.74, 6) is 0. The largest absolute Gasteiger partial charge is 0.412 e. The molecule has 1 saturated carbocycles. The molecule has 0 aromatic heterocycles. The molecule has 0 atom stereocenters. The van der Waals surface area contributed by atoms with E-state index in [0.717, 1.165) is 11.1 Å². The highest BCUT2D eigenvalue weighted by molar-refractivity contribution is 5.26. The topological polar surface area (TPSA) is 43.5 Å². The van der Waals surface area contributed by atoms with Gasteiger partial charge in [0, 0.05) is 5.41 Å². The van der Waals surface area contributed by atoms with Gasteiger partial charge in [0.1, 0.15) is 0 Å². The van der Waals surface area contributed by atoms with Crippen LogP contribution >= 0.6 is 0 Å². The highest BCUT2D eigenvalue weighted by Gasteiger charge is 2.35. The van der Waals surface area contributed by atoms with Crippen molar-refractivity contribution in [1.29, 1.82) is 0 Å². The van der Waals surface area contributed by atoms with Gasteiger partial charge in [-0.25, -0.2) is 0 Å². The van der Waals surface area contributed by atoms with Crippen LogP contribution in [0, 0.1) is 0 Å². The number of quaternary nitrogens is 1. The van der Waals surface area contributed by atoms with E-state index in [9.17, 15) is 0 Å². The summed E-state index contributed by atoms with van der Waals surface area (Å²) in [5, 5.41) is 0. The van der Waals surface area contributed by atoms with Crippen LogP contribution < -0.4 is 5.43 Å². The van der Waals surface area contributed by atoms with Crippen molar-refractivity contribution in [1.82, 2.24) is 5.43 Å². The number of nitrogens with zero attached hydrogens (tertiary/aromatic N) is 1. The summed E-state index contributed by atoms with van der Waals surface area (Å²) >= 11 is 0. The SMILES string of the molecule is C[N+](C)(C)NCC1(c2ccccc2)CCCCC1.O. The first-order valence-corrected chi connectivity index (χ1v) is 7.14. The van der Waals surface area contributed by atoms with Gasteiger partial charge in [0.2, 0.25) is 0 Å². The van der Waals surface area contributed by atoms with Crippen LogP contribution in [0.1, 0.15) is 37.7 Å². The van der Waals surface area contributed by atoms with Gasteiger partial charge in [-0.3, -0.25) is 4.59 Å². The molecule has 0 bridgehead atoms. The second-order valence-electron chi connectivity index (χ2n) is 6.55. The average Bonchev–Trinajstić information content (AvgIpc) is 2.38. The zero-order valence-electron chi connectivity index (χ0n) is 12.6. The van der Waals surface area contributed by atoms with Gasteiger partial charge in [0.05, 0.1) is 27.7 Å². The summed E-state index contributed by atoms with van der Waals surface area (Å²) in [6, 6.07) is 11.1. The highest BCUT2D eigenvalue weighted by Crippen LogP contribution is 2.38. The van der Waals surface area contributed by atoms with Crippen molar-refractivity contribution in [3.8, 4) is 0 Å². The molecule has 1 aliphatic rings. The fourth-order valence-electron chi connectivity index (χ4n) is 2.98. The molecule has 0 unspecified atom stereocenters. The van der Waals surface area contributed by atoms with Crippen molar-refractivity contribution < 1.29 is 10.1 Å². The van der Waals surface area contributed by atoms with Crippen molar-refractivity contribution in [2.45, 2.75) is 37.5 Å². The van der Waals surface area contributed by atoms with Gasteiger partial charge >= 0.3 is 0 Å². The molecule has 0 spiro atoms. The first kappa shape index (κ1) is 16.2. The third-order valence-corrected chi connectivity index (χ3v) is 4.09. The molecule has 0 heterocycles. The maximum Gasteiger partial charge on any atom is 0.0853 e. The molecule has 3 heteroatoms. The molecule has 3 nitrogen and oxygen atoms in total. The summed E-state index contributed by atoms with van der Waals surface area (Å²) in [4.78, 5) is 0. The minimum Gasteiger partial charge on any atom is -0.412 e. The Morgan fingerprint density at radius 1 is 1.00 bits per heavy atom. The molecule has 1 aromatic rings. The predicted octanol–water partition coefficient (Wildman–Crippen LogP) is 2.27. The summed E-state index contributed by atoms with van der Waals surface area (Å²) < 4.78 is 0.828. The van der Waals surface area contributed by atoms with Crippen molar-refractivity contribution in [2.24, 2.45) is 0 Å². The van der Waals surface area contributed by atoms with Gasteiger partial charge in [-0.05, 0) is 18.4 Å². The van der Waals surface area contributed by atoms with Crippen LogP contribution in [0.25, 0.3) is 0 Å². The molecule has 108 valence electrons. The Labute approximate surface area is 117 Å². The van der Waals surface area contributed by atoms with Crippen LogP contribution in [0.15, 0.2) is 30.3 Å². The van der Waals surface area contributed by atoms with Crippen molar-refractivity contribution in [2.75, 3.05) is 27.7 Å². The second-order valence-corrected chi connectivity index (χ2v) is 6.55. The summed E-state index contributed by atoms with van der Waals surface area (Å²) in [6.45, 7) is 1.08. The van der Waals surface area contributed by atoms with Crippen LogP contribution in [0.3, 0.4) is 0 Å². The molecule has 19 heavy (non-hydrogen) atoms. The standard InChI is InChI=1S/C16H27N2.H2O/c1-18(2,3)17-14-16(12-8-5-9-13-16)15-10-6-4-7-11-15;/h4,6-7,10-11,17H,5,8-9,12-14H2,1-3H3;1H2/q+1;. The van der Waals surface area contributed by atoms with Gasteiger partial charge in [0.15, 0.2) is 0 Å². The Morgan fingerprint density at radius 2 is 1.58 bits per heavy atom. The molecule has 0 saturated heterocycles. The van der Waals surface area contributed by atoms with Gasteiger partial charge in [-0.1, -0.05) is 49.6 Å². The molecule has 1 aliphatic carbocycles. The fourth-order valence-corrected chi connectivity index (χ4v) is 2.98. The number of rotatable bonds is 4. The third-order valence-electron chi connectivity index (χ3n) is 4.09. The van der Waals surface area contributed by atoms with Crippen LogP contribution in [0.2, 0.25) is 0 Å². The van der Waals surface area contributed by atoms with E-state index < -0.39 is 0 Å². The minimum absolute atomic E-state index is 0. The van der Waals surface area contributed by atoms with Gasteiger partial charge in [-0.15, -0.1) is 0 Å². The molecule has 0 amide bonds. The van der Waals surface area contributed by atoms with E-state index in [2.05, 4.69) is 56.9 Å². The Hall–Kier alpha value is -0.900. The van der Waals surface area contributed by atoms with E-state index in [-0.39, 0.29) is 5.48 Å². The van der Waals surface area contributed by atoms with Crippen LogP contribution in [-0.4, -0.2) is 37.8 Å². The van der Waals surface area contributed by atoms with E-state index in [1.807, 2.05) is 0 Å². The van der Waals surface area contributed by atoms with E-state index in [1.165, 1.54) is 37.7 Å². The van der Waals surface area contributed by atoms with E-state index in [1.54, 1.807) is 0 Å². The van der Waals surface area contributed by atoms with Gasteiger partial charge < -0.3 is 5.48 Å². The molecular weight excluding hydrogens is 236 g/mol. The molecule has 2 rings (SSSR count). The predicted molar refractivity (Wildman–Crippen MR) is 80.9 cm³/mol. The molecule has 3 N–H and O–H groups in total. The maximum atomic E-state index is 3.67. The lowest BCUT2D eigenvalue weighted by molar-refractivity contribution is -0.915. The first-order chi connectivity index (χ1) is 8.52. The van der Waals surface area contributed by atoms with E-state index in [4.69, 9.17) is 0 Å². The van der Waals surface area contributed by atoms with E-state index in [0.29, 0.717) is 5.41 Å². The number of benzene rings is 1. The Kier molecular flexibility index (Phi) is 5.53. The zero-order chi connectivity index (χ0) is 13.1. The van der Waals surface area contributed by atoms with Crippen molar-refractivity contribution >= 4 is 0 Å². The maximum absolute atomic E-state index is 3.67. The lowest BCUT2D eigenvalue weighted by atomic mass is 9.69. The highest BCUT2D eigenvalue weighted by atomic mass is 16.0. The van der Waals surface area contributed by atoms with Crippen LogP contribution in [0.4, 0.5) is 0 Å². The lowest BCUT2D eigenvalue weighted by Crippen LogP contribution is -2.53. The van der Waals surface area contributed by atoms with Crippen molar-refractivity contribution in [3.05, 3.63) is 35.9 Å². The van der Waals surface area contributed by atoms with E-state index >= 15 is 0 Å². The van der Waals surface area contributed by atoms with Gasteiger partial charge in [-0.2, -0.15) is 5.43 Å². The average molecular weight is 265 g/mol. The Balaban J connectivity index is 0.00000180. The normalized spacial score (nSPS) is 18.7. The third kappa shape index (κ3) is 4.30. The van der Waals surface area contributed by atoms with Crippen LogP contribution in [-0.2, 0) is 5.41 Å². The van der Waals surface area contributed by atoms with Crippen LogP contribution in [0.5, 0.6) is 0 Å². The monoisotopic (exact) mass is 265 g/mol. The Bertz CT molecular complexity index is 364. The summed E-state index contributed by atoms with van der Waals surface area (Å²) in [7, 11) is 6.59. The molecule has 0 radical (unpaired) electrons. The molecule has 1 aromatic carbocycles. The second kappa shape index (κ2) is 6.51. The minimum atomic E-state index is 0. The van der Waals surface area contributed by atoms with Gasteiger partial charge in [0.25, 0.3) is 0 Å². The first-order valence-electron chi connectivity index (χ1n) is 7.14. The smallest absolute Gasteiger partial charge is 0.0853 e. The zero-order valence-corrected chi connectivity index (χ0v) is 12.6. The molecule has 0 aliphatic heterocycles. The molecular formula is C16H29N2O+. The number of nitrogens with one attached hydrogen (secondary N) is 1. The number of hydrogen-bond donors (Lipinski definition) is 1.